The second-order valence-electron chi connectivity index (χ2n) is 5.39. The van der Waals surface area contributed by atoms with Gasteiger partial charge in [-0.1, -0.05) is 12.2 Å². The monoisotopic (exact) mass is 244 g/mol. The summed E-state index contributed by atoms with van der Waals surface area (Å²) in [5, 5.41) is 9.26. The molecule has 3 N–H and O–H groups in total. The molecule has 0 unspecified atom stereocenters. The lowest BCUT2D eigenvalue weighted by Crippen LogP contribution is -2.50. The van der Waals surface area contributed by atoms with Gasteiger partial charge in [-0.05, 0) is 40.0 Å². The van der Waals surface area contributed by atoms with Crippen molar-refractivity contribution < 1.29 is 9.90 Å². The van der Waals surface area contributed by atoms with Gasteiger partial charge in [0.25, 0.3) is 0 Å². The minimum absolute atomic E-state index is 0.0454. The average Bonchev–Trinajstić information content (AvgIpc) is 2.49. The molecule has 0 aromatic carbocycles. The third-order valence-corrected chi connectivity index (χ3v) is 3.43. The van der Waals surface area contributed by atoms with Crippen LogP contribution in [-0.4, -0.2) is 32.7 Å². The number of nitrogens with zero attached hydrogens (tertiary/aromatic N) is 1. The summed E-state index contributed by atoms with van der Waals surface area (Å²) >= 11 is 4.97. The van der Waals surface area contributed by atoms with Gasteiger partial charge >= 0.3 is 6.09 Å². The molecule has 0 aromatic heterocycles. The van der Waals surface area contributed by atoms with Crippen LogP contribution in [0.4, 0.5) is 4.79 Å². The van der Waals surface area contributed by atoms with Crippen LogP contribution in [0.1, 0.15) is 40.0 Å². The van der Waals surface area contributed by atoms with Gasteiger partial charge < -0.3 is 15.7 Å². The summed E-state index contributed by atoms with van der Waals surface area (Å²) in [5.74, 6) is 0.198. The summed E-state index contributed by atoms with van der Waals surface area (Å²) in [5.41, 5.74) is 5.24. The quantitative estimate of drug-likeness (QED) is 0.731. The van der Waals surface area contributed by atoms with Crippen molar-refractivity contribution in [1.82, 2.24) is 4.90 Å². The normalized spacial score (nSPS) is 25.4. The first-order chi connectivity index (χ1) is 7.23. The van der Waals surface area contributed by atoms with Crippen LogP contribution in [0.15, 0.2) is 0 Å². The van der Waals surface area contributed by atoms with Gasteiger partial charge in [0, 0.05) is 17.5 Å². The molecule has 1 aliphatic rings. The Morgan fingerprint density at radius 2 is 2.00 bits per heavy atom. The number of carboxylic acid groups (broad SMARTS) is 1. The first-order valence-corrected chi connectivity index (χ1v) is 5.96. The van der Waals surface area contributed by atoms with Gasteiger partial charge in [0.15, 0.2) is 0 Å². The lowest BCUT2D eigenvalue weighted by molar-refractivity contribution is 0.0715. The largest absolute Gasteiger partial charge is 0.465 e. The Hall–Kier alpha value is -0.840. The third-order valence-electron chi connectivity index (χ3n) is 3.10. The summed E-state index contributed by atoms with van der Waals surface area (Å²) in [6.45, 7) is 5.74. The molecule has 5 heteroatoms. The van der Waals surface area contributed by atoms with Crippen LogP contribution in [0.25, 0.3) is 0 Å². The topological polar surface area (TPSA) is 66.6 Å². The van der Waals surface area contributed by atoms with E-state index in [1.165, 1.54) is 4.90 Å². The van der Waals surface area contributed by atoms with Gasteiger partial charge in [0.1, 0.15) is 0 Å². The molecule has 1 aliphatic carbocycles. The first kappa shape index (κ1) is 13.2. The smallest absolute Gasteiger partial charge is 0.407 e. The van der Waals surface area contributed by atoms with E-state index in [1.807, 2.05) is 20.8 Å². The molecule has 92 valence electrons. The minimum Gasteiger partial charge on any atom is -0.465 e. The van der Waals surface area contributed by atoms with Gasteiger partial charge in [0.2, 0.25) is 0 Å². The van der Waals surface area contributed by atoms with E-state index in [0.717, 1.165) is 19.3 Å². The Morgan fingerprint density at radius 1 is 1.44 bits per heavy atom. The number of rotatable bonds is 2. The van der Waals surface area contributed by atoms with Crippen molar-refractivity contribution in [2.45, 2.75) is 51.6 Å². The van der Waals surface area contributed by atoms with Crippen molar-refractivity contribution in [2.24, 2.45) is 11.7 Å². The molecule has 0 saturated heterocycles. The molecule has 0 heterocycles. The molecule has 1 fully saturated rings. The van der Waals surface area contributed by atoms with Gasteiger partial charge in [-0.2, -0.15) is 0 Å². The number of thiocarbonyl (C=S) groups is 1. The lowest BCUT2D eigenvalue weighted by Gasteiger charge is -2.38. The third kappa shape index (κ3) is 2.84. The molecular formula is C11H20N2O2S. The predicted octanol–water partition coefficient (Wildman–Crippen LogP) is 2.22. The van der Waals surface area contributed by atoms with Crippen molar-refractivity contribution in [3.63, 3.8) is 0 Å². The molecule has 0 aromatic rings. The zero-order valence-electron chi connectivity index (χ0n) is 10.1. The summed E-state index contributed by atoms with van der Waals surface area (Å²) in [4.78, 5) is 13.3. The van der Waals surface area contributed by atoms with E-state index in [0.29, 0.717) is 4.99 Å². The Balaban J connectivity index is 2.76. The Labute approximate surface area is 102 Å². The van der Waals surface area contributed by atoms with Crippen LogP contribution < -0.4 is 5.73 Å². The SMILES string of the molecule is CC(C)(C)N(C(=O)O)[C@@H]1CC[C@H](C(N)=S)C1. The number of nitrogens with two attached hydrogens (primary N) is 1. The van der Waals surface area contributed by atoms with Crippen LogP contribution in [0.3, 0.4) is 0 Å². The highest BCUT2D eigenvalue weighted by Crippen LogP contribution is 2.33. The second-order valence-corrected chi connectivity index (χ2v) is 5.86. The van der Waals surface area contributed by atoms with Gasteiger partial charge in [-0.15, -0.1) is 0 Å². The minimum atomic E-state index is -0.860. The van der Waals surface area contributed by atoms with Crippen LogP contribution in [-0.2, 0) is 0 Å². The standard InChI is InChI=1S/C11H20N2O2S/c1-11(2,3)13(10(14)15)8-5-4-7(6-8)9(12)16/h7-8H,4-6H2,1-3H3,(H2,12,16)(H,14,15)/t7-,8+/m0/s1. The first-order valence-electron chi connectivity index (χ1n) is 5.55. The Kier molecular flexibility index (Phi) is 3.78. The van der Waals surface area contributed by atoms with Crippen molar-refractivity contribution in [1.29, 1.82) is 0 Å². The van der Waals surface area contributed by atoms with Gasteiger partial charge in [0.05, 0.1) is 4.99 Å². The molecule has 1 rings (SSSR count). The fourth-order valence-corrected chi connectivity index (χ4v) is 2.66. The van der Waals surface area contributed by atoms with Crippen LogP contribution in [0.5, 0.6) is 0 Å². The van der Waals surface area contributed by atoms with E-state index in [1.54, 1.807) is 0 Å². The summed E-state index contributed by atoms with van der Waals surface area (Å²) in [6.07, 6.45) is 1.66. The molecule has 0 aliphatic heterocycles. The average molecular weight is 244 g/mol. The summed E-state index contributed by atoms with van der Waals surface area (Å²) in [6, 6.07) is 0.0454. The molecule has 2 atom stereocenters. The molecule has 1 amide bonds. The second kappa shape index (κ2) is 4.57. The number of carbonyl (C=O) groups is 1. The zero-order chi connectivity index (χ0) is 12.5. The molecular weight excluding hydrogens is 224 g/mol. The van der Waals surface area contributed by atoms with Gasteiger partial charge in [-0.3, -0.25) is 0 Å². The Bertz CT molecular complexity index is 299. The van der Waals surface area contributed by atoms with Crippen molar-refractivity contribution in [2.75, 3.05) is 0 Å². The highest BCUT2D eigenvalue weighted by molar-refractivity contribution is 7.80. The zero-order valence-corrected chi connectivity index (χ0v) is 10.9. The maximum Gasteiger partial charge on any atom is 0.407 e. The van der Waals surface area contributed by atoms with E-state index in [2.05, 4.69) is 0 Å². The van der Waals surface area contributed by atoms with E-state index in [9.17, 15) is 9.90 Å². The maximum absolute atomic E-state index is 11.3. The molecule has 0 spiro atoms. The highest BCUT2D eigenvalue weighted by Gasteiger charge is 2.38. The van der Waals surface area contributed by atoms with E-state index in [4.69, 9.17) is 18.0 Å². The summed E-state index contributed by atoms with van der Waals surface area (Å²) < 4.78 is 0. The highest BCUT2D eigenvalue weighted by atomic mass is 32.1. The maximum atomic E-state index is 11.3. The van der Waals surface area contributed by atoms with Crippen molar-refractivity contribution in [3.8, 4) is 0 Å². The number of amides is 1. The van der Waals surface area contributed by atoms with Crippen LogP contribution >= 0.6 is 12.2 Å². The van der Waals surface area contributed by atoms with Crippen LogP contribution in [0, 0.1) is 5.92 Å². The van der Waals surface area contributed by atoms with E-state index >= 15 is 0 Å². The van der Waals surface area contributed by atoms with E-state index in [-0.39, 0.29) is 17.5 Å². The van der Waals surface area contributed by atoms with Gasteiger partial charge in [-0.25, -0.2) is 4.79 Å². The predicted molar refractivity (Wildman–Crippen MR) is 67.5 cm³/mol. The van der Waals surface area contributed by atoms with Crippen LogP contribution in [0.2, 0.25) is 0 Å². The van der Waals surface area contributed by atoms with Crippen molar-refractivity contribution in [3.05, 3.63) is 0 Å². The number of hydrogen-bond donors (Lipinski definition) is 2. The summed E-state index contributed by atoms with van der Waals surface area (Å²) in [7, 11) is 0. The fourth-order valence-electron chi connectivity index (χ4n) is 2.44. The molecule has 1 saturated carbocycles. The molecule has 4 nitrogen and oxygen atoms in total. The Morgan fingerprint density at radius 3 is 2.31 bits per heavy atom. The molecule has 0 radical (unpaired) electrons. The van der Waals surface area contributed by atoms with E-state index < -0.39 is 6.09 Å². The lowest BCUT2D eigenvalue weighted by atomic mass is 10.0. The fraction of sp³-hybridized carbons (Fsp3) is 0.818. The molecule has 0 bridgehead atoms. The number of hydrogen-bond acceptors (Lipinski definition) is 2. The molecule has 16 heavy (non-hydrogen) atoms. The van der Waals surface area contributed by atoms with Crippen molar-refractivity contribution >= 4 is 23.3 Å².